The van der Waals surface area contributed by atoms with Crippen LogP contribution < -0.4 is 4.74 Å². The average molecular weight is 534 g/mol. The molecule has 0 fully saturated rings. The molecule has 4 aromatic rings. The highest BCUT2D eigenvalue weighted by atomic mass is 35.5. The summed E-state index contributed by atoms with van der Waals surface area (Å²) in [6.45, 7) is 8.63. The number of fused-ring (bicyclic) bond motifs is 1. The van der Waals surface area contributed by atoms with E-state index in [1.54, 1.807) is 28.8 Å². The van der Waals surface area contributed by atoms with Gasteiger partial charge >= 0.3 is 5.97 Å². The van der Waals surface area contributed by atoms with Crippen LogP contribution in [0.3, 0.4) is 0 Å². The monoisotopic (exact) mass is 533 g/mol. The van der Waals surface area contributed by atoms with Crippen LogP contribution in [0, 0.1) is 6.92 Å². The Bertz CT molecular complexity index is 1420. The number of hydrogen-bond acceptors (Lipinski definition) is 5. The number of esters is 1. The number of ether oxygens (including phenoxy) is 3. The van der Waals surface area contributed by atoms with E-state index < -0.39 is 5.60 Å². The van der Waals surface area contributed by atoms with Crippen molar-refractivity contribution >= 4 is 34.4 Å². The molecule has 0 spiro atoms. The minimum atomic E-state index is -0.615. The zero-order valence-electron chi connectivity index (χ0n) is 22.1. The Balaban J connectivity index is 1.59. The first-order chi connectivity index (χ1) is 18.1. The molecule has 4 rings (SSSR count). The first-order valence-electron chi connectivity index (χ1n) is 12.5. The van der Waals surface area contributed by atoms with E-state index in [9.17, 15) is 9.59 Å². The van der Waals surface area contributed by atoms with E-state index in [1.165, 1.54) is 0 Å². The maximum Gasteiger partial charge on any atom is 0.310 e. The zero-order chi connectivity index (χ0) is 27.3. The summed E-state index contributed by atoms with van der Waals surface area (Å²) in [5.74, 6) is 0.0594. The quantitative estimate of drug-likeness (QED) is 0.175. The maximum atomic E-state index is 13.5. The van der Waals surface area contributed by atoms with Crippen molar-refractivity contribution in [3.63, 3.8) is 0 Å². The van der Waals surface area contributed by atoms with Crippen molar-refractivity contribution in [3.8, 4) is 5.75 Å². The normalized spacial score (nSPS) is 11.5. The molecule has 0 amide bonds. The van der Waals surface area contributed by atoms with Crippen LogP contribution in [-0.4, -0.2) is 35.3 Å². The molecule has 0 aliphatic rings. The van der Waals surface area contributed by atoms with Gasteiger partial charge in [-0.15, -0.1) is 0 Å². The van der Waals surface area contributed by atoms with Crippen LogP contribution in [0.2, 0.25) is 5.02 Å². The lowest BCUT2D eigenvalue weighted by Crippen LogP contribution is -2.25. The molecule has 0 unspecified atom stereocenters. The summed E-state index contributed by atoms with van der Waals surface area (Å²) in [6, 6.07) is 22.2. The molecule has 198 valence electrons. The second-order valence-corrected chi connectivity index (χ2v) is 10.5. The smallest absolute Gasteiger partial charge is 0.310 e. The fourth-order valence-corrected chi connectivity index (χ4v) is 4.39. The van der Waals surface area contributed by atoms with E-state index >= 15 is 0 Å². The van der Waals surface area contributed by atoms with Crippen molar-refractivity contribution in [1.29, 1.82) is 0 Å². The van der Waals surface area contributed by atoms with Crippen molar-refractivity contribution in [2.75, 3.05) is 13.2 Å². The van der Waals surface area contributed by atoms with Gasteiger partial charge in [-0.3, -0.25) is 14.2 Å². The summed E-state index contributed by atoms with van der Waals surface area (Å²) in [7, 11) is 0. The van der Waals surface area contributed by atoms with E-state index in [4.69, 9.17) is 25.8 Å². The Hall–Kier alpha value is -3.61. The summed E-state index contributed by atoms with van der Waals surface area (Å²) in [4.78, 5) is 26.3. The van der Waals surface area contributed by atoms with Crippen LogP contribution in [0.5, 0.6) is 5.75 Å². The highest BCUT2D eigenvalue weighted by Gasteiger charge is 2.24. The van der Waals surface area contributed by atoms with Gasteiger partial charge in [-0.25, -0.2) is 0 Å². The summed E-state index contributed by atoms with van der Waals surface area (Å²) >= 11 is 6.02. The third-order valence-corrected chi connectivity index (χ3v) is 6.20. The van der Waals surface area contributed by atoms with Crippen LogP contribution in [0.25, 0.3) is 10.9 Å². The van der Waals surface area contributed by atoms with Gasteiger partial charge in [-0.1, -0.05) is 41.9 Å². The number of carbonyl (C=O) groups is 2. The van der Waals surface area contributed by atoms with Crippen molar-refractivity contribution < 1.29 is 23.8 Å². The summed E-state index contributed by atoms with van der Waals surface area (Å²) in [6.07, 6.45) is 0.0319. The molecule has 7 heteroatoms. The minimum absolute atomic E-state index is 0.0319. The molecule has 1 heterocycles. The van der Waals surface area contributed by atoms with Gasteiger partial charge in [0.15, 0.2) is 0 Å². The van der Waals surface area contributed by atoms with Gasteiger partial charge in [0.1, 0.15) is 18.0 Å². The molecular weight excluding hydrogens is 502 g/mol. The predicted octanol–water partition coefficient (Wildman–Crippen LogP) is 6.77. The van der Waals surface area contributed by atoms with Gasteiger partial charge in [0.25, 0.3) is 5.91 Å². The first-order valence-corrected chi connectivity index (χ1v) is 12.9. The lowest BCUT2D eigenvalue weighted by Gasteiger charge is -2.19. The number of rotatable bonds is 9. The molecule has 0 aliphatic heterocycles. The second-order valence-electron chi connectivity index (χ2n) is 10.0. The van der Waals surface area contributed by atoms with Crippen molar-refractivity contribution in [3.05, 3.63) is 100 Å². The molecule has 3 aromatic carbocycles. The number of nitrogens with zero attached hydrogens (tertiary/aromatic N) is 1. The summed E-state index contributed by atoms with van der Waals surface area (Å²) in [5, 5.41) is 1.31. The Morgan fingerprint density at radius 1 is 0.921 bits per heavy atom. The number of carbonyl (C=O) groups excluding carboxylic acids is 2. The van der Waals surface area contributed by atoms with Gasteiger partial charge in [0.05, 0.1) is 25.2 Å². The largest absolute Gasteiger partial charge is 0.491 e. The average Bonchev–Trinajstić information content (AvgIpc) is 3.14. The summed E-state index contributed by atoms with van der Waals surface area (Å²) < 4.78 is 18.9. The van der Waals surface area contributed by atoms with Crippen LogP contribution in [0.1, 0.15) is 48.0 Å². The van der Waals surface area contributed by atoms with Gasteiger partial charge < -0.3 is 14.2 Å². The lowest BCUT2D eigenvalue weighted by molar-refractivity contribution is -0.153. The molecule has 0 radical (unpaired) electrons. The highest BCUT2D eigenvalue weighted by molar-refractivity contribution is 6.30. The number of halogens is 1. The Morgan fingerprint density at radius 3 is 2.32 bits per heavy atom. The third-order valence-electron chi connectivity index (χ3n) is 5.95. The fourth-order valence-electron chi connectivity index (χ4n) is 4.26. The van der Waals surface area contributed by atoms with Gasteiger partial charge in [-0.2, -0.15) is 0 Å². The fraction of sp³-hybridized carbons (Fsp3) is 0.290. The molecule has 0 N–H and O–H groups in total. The molecule has 0 atom stereocenters. The van der Waals surface area contributed by atoms with Crippen LogP contribution >= 0.6 is 11.6 Å². The standard InChI is InChI=1S/C31H32ClNO5/c1-21-26(19-29(34)38-31(2,3)4)27-18-25(37-17-16-36-20-22-8-6-5-7-9-22)14-15-28(27)33(21)30(35)23-10-12-24(32)13-11-23/h5-15,18H,16-17,19-20H2,1-4H3. The molecule has 0 saturated heterocycles. The lowest BCUT2D eigenvalue weighted by atomic mass is 10.1. The second kappa shape index (κ2) is 11.8. The molecule has 6 nitrogen and oxygen atoms in total. The van der Waals surface area contributed by atoms with Gasteiger partial charge in [0, 0.05) is 21.7 Å². The van der Waals surface area contributed by atoms with Crippen LogP contribution in [0.4, 0.5) is 0 Å². The number of benzene rings is 3. The third kappa shape index (κ3) is 6.82. The van der Waals surface area contributed by atoms with E-state index in [-0.39, 0.29) is 18.3 Å². The highest BCUT2D eigenvalue weighted by Crippen LogP contribution is 2.31. The topological polar surface area (TPSA) is 66.8 Å². The van der Waals surface area contributed by atoms with E-state index in [0.29, 0.717) is 47.4 Å². The SMILES string of the molecule is Cc1c(CC(=O)OC(C)(C)C)c2cc(OCCOCc3ccccc3)ccc2n1C(=O)c1ccc(Cl)cc1. The maximum absolute atomic E-state index is 13.5. The first kappa shape index (κ1) is 27.4. The molecule has 1 aromatic heterocycles. The predicted molar refractivity (Wildman–Crippen MR) is 149 cm³/mol. The molecule has 38 heavy (non-hydrogen) atoms. The zero-order valence-corrected chi connectivity index (χ0v) is 22.9. The Morgan fingerprint density at radius 2 is 1.63 bits per heavy atom. The molecule has 0 saturated carbocycles. The van der Waals surface area contributed by atoms with Crippen LogP contribution in [-0.2, 0) is 27.3 Å². The number of aromatic nitrogens is 1. The van der Waals surface area contributed by atoms with Crippen molar-refractivity contribution in [2.45, 2.75) is 46.3 Å². The Labute approximate surface area is 228 Å². The van der Waals surface area contributed by atoms with E-state index in [2.05, 4.69) is 0 Å². The van der Waals surface area contributed by atoms with Gasteiger partial charge in [-0.05, 0) is 81.3 Å². The molecule has 0 bridgehead atoms. The molecular formula is C31H32ClNO5. The summed E-state index contributed by atoms with van der Waals surface area (Å²) in [5.41, 5.74) is 3.07. The number of hydrogen-bond donors (Lipinski definition) is 0. The van der Waals surface area contributed by atoms with E-state index in [1.807, 2.05) is 76.2 Å². The van der Waals surface area contributed by atoms with Crippen molar-refractivity contribution in [1.82, 2.24) is 4.57 Å². The Kier molecular flexibility index (Phi) is 8.55. The molecule has 0 aliphatic carbocycles. The van der Waals surface area contributed by atoms with Gasteiger partial charge in [0.2, 0.25) is 0 Å². The minimum Gasteiger partial charge on any atom is -0.491 e. The van der Waals surface area contributed by atoms with Crippen LogP contribution in [0.15, 0.2) is 72.8 Å². The van der Waals surface area contributed by atoms with Crippen molar-refractivity contribution in [2.24, 2.45) is 0 Å². The van der Waals surface area contributed by atoms with E-state index in [0.717, 1.165) is 16.5 Å².